The Hall–Kier alpha value is -0.540. The number of aryl methyl sites for hydroxylation is 3. The molecule has 15 heavy (non-hydrogen) atoms. The highest BCUT2D eigenvalue weighted by Crippen LogP contribution is 2.31. The first kappa shape index (κ1) is 11.0. The molecule has 0 fully saturated rings. The minimum atomic E-state index is 0.807. The average Bonchev–Trinajstić information content (AvgIpc) is 2.59. The molecule has 0 radical (unpaired) electrons. The van der Waals surface area contributed by atoms with Crippen molar-refractivity contribution in [3.8, 4) is 0 Å². The van der Waals surface area contributed by atoms with Crippen LogP contribution in [-0.4, -0.2) is 10.5 Å². The number of aromatic nitrogens is 1. The van der Waals surface area contributed by atoms with Gasteiger partial charge in [0.25, 0.3) is 0 Å². The lowest BCUT2D eigenvalue weighted by atomic mass is 10.1. The van der Waals surface area contributed by atoms with Crippen LogP contribution in [0, 0.1) is 13.8 Å². The molecule has 0 spiro atoms. The van der Waals surface area contributed by atoms with E-state index in [-0.39, 0.29) is 0 Å². The maximum Gasteiger partial charge on any atom is 0.167 e. The maximum absolute atomic E-state index is 6.20. The molecule has 0 amide bonds. The van der Waals surface area contributed by atoms with Gasteiger partial charge < -0.3 is 4.52 Å². The Kier molecular flexibility index (Phi) is 3.03. The molecule has 0 aliphatic rings. The SMILES string of the molecule is Cc1cc2onc(CCBr)c2c(C)c1Cl. The zero-order valence-electron chi connectivity index (χ0n) is 8.60. The largest absolute Gasteiger partial charge is 0.356 e. The van der Waals surface area contributed by atoms with Gasteiger partial charge in [0.05, 0.1) is 5.69 Å². The third kappa shape index (κ3) is 1.79. The Morgan fingerprint density at radius 2 is 2.20 bits per heavy atom. The molecule has 2 aromatic rings. The molecule has 0 unspecified atom stereocenters. The van der Waals surface area contributed by atoms with E-state index in [1.54, 1.807) is 0 Å². The van der Waals surface area contributed by atoms with E-state index < -0.39 is 0 Å². The second kappa shape index (κ2) is 4.14. The van der Waals surface area contributed by atoms with Crippen molar-refractivity contribution in [2.45, 2.75) is 20.3 Å². The summed E-state index contributed by atoms with van der Waals surface area (Å²) in [5.74, 6) is 0. The molecule has 0 saturated carbocycles. The Bertz CT molecular complexity index is 507. The molecule has 2 rings (SSSR count). The molecule has 1 heterocycles. The Morgan fingerprint density at radius 1 is 1.47 bits per heavy atom. The fourth-order valence-corrected chi connectivity index (χ4v) is 2.29. The monoisotopic (exact) mass is 287 g/mol. The first-order valence-corrected chi connectivity index (χ1v) is 6.25. The van der Waals surface area contributed by atoms with Gasteiger partial charge in [-0.3, -0.25) is 0 Å². The summed E-state index contributed by atoms with van der Waals surface area (Å²) in [5.41, 5.74) is 3.89. The van der Waals surface area contributed by atoms with E-state index >= 15 is 0 Å². The number of hydrogen-bond acceptors (Lipinski definition) is 2. The average molecular weight is 289 g/mol. The number of halogens is 2. The highest BCUT2D eigenvalue weighted by atomic mass is 79.9. The molecular formula is C11H11BrClNO. The van der Waals surface area contributed by atoms with E-state index in [1.165, 1.54) is 0 Å². The van der Waals surface area contributed by atoms with Gasteiger partial charge in [-0.1, -0.05) is 32.7 Å². The van der Waals surface area contributed by atoms with Gasteiger partial charge in [0, 0.05) is 22.2 Å². The van der Waals surface area contributed by atoms with Crippen molar-refractivity contribution in [2.75, 3.05) is 5.33 Å². The van der Waals surface area contributed by atoms with Crippen LogP contribution in [-0.2, 0) is 6.42 Å². The van der Waals surface area contributed by atoms with Crippen LogP contribution in [0.2, 0.25) is 5.02 Å². The summed E-state index contributed by atoms with van der Waals surface area (Å²) >= 11 is 9.60. The summed E-state index contributed by atoms with van der Waals surface area (Å²) < 4.78 is 5.29. The van der Waals surface area contributed by atoms with E-state index in [0.717, 1.165) is 44.6 Å². The van der Waals surface area contributed by atoms with Crippen molar-refractivity contribution in [1.29, 1.82) is 0 Å². The number of benzene rings is 1. The standard InChI is InChI=1S/C11H11BrClNO/c1-6-5-9-10(7(2)11(6)13)8(3-4-12)14-15-9/h5H,3-4H2,1-2H3. The lowest BCUT2D eigenvalue weighted by Gasteiger charge is -2.03. The minimum Gasteiger partial charge on any atom is -0.356 e. The topological polar surface area (TPSA) is 26.0 Å². The van der Waals surface area contributed by atoms with Crippen LogP contribution in [0.4, 0.5) is 0 Å². The molecular weight excluding hydrogens is 277 g/mol. The molecule has 0 N–H and O–H groups in total. The van der Waals surface area contributed by atoms with Crippen molar-refractivity contribution < 1.29 is 4.52 Å². The predicted molar refractivity (Wildman–Crippen MR) is 66.0 cm³/mol. The van der Waals surface area contributed by atoms with Gasteiger partial charge in [-0.15, -0.1) is 0 Å². The van der Waals surface area contributed by atoms with Gasteiger partial charge in [0.2, 0.25) is 0 Å². The van der Waals surface area contributed by atoms with Crippen LogP contribution in [0.15, 0.2) is 10.6 Å². The highest BCUT2D eigenvalue weighted by molar-refractivity contribution is 9.09. The van der Waals surface area contributed by atoms with Gasteiger partial charge in [0.15, 0.2) is 5.58 Å². The summed E-state index contributed by atoms with van der Waals surface area (Å²) in [7, 11) is 0. The Balaban J connectivity index is 2.74. The van der Waals surface area contributed by atoms with E-state index in [2.05, 4.69) is 21.1 Å². The molecule has 1 aromatic carbocycles. The third-order valence-corrected chi connectivity index (χ3v) is 3.50. The molecule has 0 atom stereocenters. The summed E-state index contributed by atoms with van der Waals surface area (Å²) in [6, 6.07) is 1.94. The van der Waals surface area contributed by atoms with Gasteiger partial charge in [-0.2, -0.15) is 0 Å². The number of hydrogen-bond donors (Lipinski definition) is 0. The number of fused-ring (bicyclic) bond motifs is 1. The first-order chi connectivity index (χ1) is 7.15. The van der Waals surface area contributed by atoms with Crippen molar-refractivity contribution in [3.63, 3.8) is 0 Å². The number of rotatable bonds is 2. The van der Waals surface area contributed by atoms with Crippen LogP contribution in [0.1, 0.15) is 16.8 Å². The van der Waals surface area contributed by atoms with Crippen molar-refractivity contribution >= 4 is 38.5 Å². The minimum absolute atomic E-state index is 0.807. The second-order valence-electron chi connectivity index (χ2n) is 3.57. The molecule has 0 saturated heterocycles. The molecule has 4 heteroatoms. The number of nitrogens with zero attached hydrogens (tertiary/aromatic N) is 1. The van der Waals surface area contributed by atoms with Crippen LogP contribution >= 0.6 is 27.5 Å². The molecule has 80 valence electrons. The fraction of sp³-hybridized carbons (Fsp3) is 0.364. The van der Waals surface area contributed by atoms with E-state index in [4.69, 9.17) is 16.1 Å². The van der Waals surface area contributed by atoms with Gasteiger partial charge in [-0.25, -0.2) is 0 Å². The predicted octanol–water partition coefficient (Wildman–Crippen LogP) is 4.04. The van der Waals surface area contributed by atoms with Crippen molar-refractivity contribution in [2.24, 2.45) is 0 Å². The quantitative estimate of drug-likeness (QED) is 0.780. The van der Waals surface area contributed by atoms with Crippen LogP contribution in [0.3, 0.4) is 0 Å². The first-order valence-electron chi connectivity index (χ1n) is 4.75. The summed E-state index contributed by atoms with van der Waals surface area (Å²) in [4.78, 5) is 0. The number of alkyl halides is 1. The lowest BCUT2D eigenvalue weighted by molar-refractivity contribution is 0.447. The van der Waals surface area contributed by atoms with Crippen LogP contribution in [0.5, 0.6) is 0 Å². The lowest BCUT2D eigenvalue weighted by Crippen LogP contribution is -1.89. The summed E-state index contributed by atoms with van der Waals surface area (Å²) in [6.07, 6.45) is 0.854. The second-order valence-corrected chi connectivity index (χ2v) is 4.74. The van der Waals surface area contributed by atoms with Crippen molar-refractivity contribution in [3.05, 3.63) is 27.9 Å². The Morgan fingerprint density at radius 3 is 2.87 bits per heavy atom. The molecule has 2 nitrogen and oxygen atoms in total. The summed E-state index contributed by atoms with van der Waals surface area (Å²) in [5, 5.41) is 6.81. The van der Waals surface area contributed by atoms with E-state index in [1.807, 2.05) is 19.9 Å². The third-order valence-electron chi connectivity index (χ3n) is 2.52. The Labute approximate surface area is 102 Å². The zero-order chi connectivity index (χ0) is 11.0. The summed E-state index contributed by atoms with van der Waals surface area (Å²) in [6.45, 7) is 3.98. The van der Waals surface area contributed by atoms with E-state index in [9.17, 15) is 0 Å². The molecule has 0 aliphatic heterocycles. The molecule has 0 bridgehead atoms. The van der Waals surface area contributed by atoms with E-state index in [0.29, 0.717) is 0 Å². The highest BCUT2D eigenvalue weighted by Gasteiger charge is 2.14. The maximum atomic E-state index is 6.20. The normalized spacial score (nSPS) is 11.2. The van der Waals surface area contributed by atoms with Crippen LogP contribution in [0.25, 0.3) is 11.0 Å². The van der Waals surface area contributed by atoms with Gasteiger partial charge >= 0.3 is 0 Å². The van der Waals surface area contributed by atoms with Gasteiger partial charge in [0.1, 0.15) is 0 Å². The van der Waals surface area contributed by atoms with Crippen LogP contribution < -0.4 is 0 Å². The zero-order valence-corrected chi connectivity index (χ0v) is 10.9. The molecule has 1 aromatic heterocycles. The van der Waals surface area contributed by atoms with Crippen molar-refractivity contribution in [1.82, 2.24) is 5.16 Å². The molecule has 0 aliphatic carbocycles. The smallest absolute Gasteiger partial charge is 0.167 e. The van der Waals surface area contributed by atoms with Gasteiger partial charge in [-0.05, 0) is 31.0 Å². The fourth-order valence-electron chi connectivity index (χ4n) is 1.76.